The molecule has 1 aliphatic heterocycles. The summed E-state index contributed by atoms with van der Waals surface area (Å²) >= 11 is 0. The van der Waals surface area contributed by atoms with Gasteiger partial charge < -0.3 is 10.6 Å². The Bertz CT molecular complexity index is 713. The normalized spacial score (nSPS) is 25.6. The molecule has 1 aromatic rings. The summed E-state index contributed by atoms with van der Waals surface area (Å²) in [6.45, 7) is 0.428. The molecular weight excluding hydrogens is 306 g/mol. The number of benzene rings is 1. The lowest BCUT2D eigenvalue weighted by Crippen LogP contribution is -2.47. The number of nitrogens with one attached hydrogen (secondary N) is 2. The van der Waals surface area contributed by atoms with E-state index in [1.54, 1.807) is 0 Å². The van der Waals surface area contributed by atoms with Gasteiger partial charge in [0.2, 0.25) is 5.91 Å². The standard InChI is InChI=1S/C18H21N3O3/c22-15(19-10-12-7-8-12)11-21-16(23)18(20-17(21)24)9-3-5-13-4-1-2-6-14(13)18/h1-2,4,6,12H,3,5,7-11H2,(H,19,22)(H,20,24). The summed E-state index contributed by atoms with van der Waals surface area (Å²) in [6, 6.07) is 7.26. The van der Waals surface area contributed by atoms with Crippen LogP contribution in [0.25, 0.3) is 0 Å². The number of urea groups is 1. The van der Waals surface area contributed by atoms with Gasteiger partial charge in [-0.05, 0) is 49.1 Å². The third kappa shape index (κ3) is 2.46. The molecule has 126 valence electrons. The van der Waals surface area contributed by atoms with Gasteiger partial charge in [0.15, 0.2) is 0 Å². The van der Waals surface area contributed by atoms with Crippen LogP contribution in [0.5, 0.6) is 0 Å². The maximum atomic E-state index is 13.0. The van der Waals surface area contributed by atoms with Crippen molar-refractivity contribution in [2.45, 2.75) is 37.6 Å². The number of fused-ring (bicyclic) bond motifs is 2. The topological polar surface area (TPSA) is 78.5 Å². The largest absolute Gasteiger partial charge is 0.354 e. The number of imide groups is 1. The smallest absolute Gasteiger partial charge is 0.325 e. The van der Waals surface area contributed by atoms with Crippen LogP contribution in [0.1, 0.15) is 36.8 Å². The van der Waals surface area contributed by atoms with Crippen LogP contribution in [0.2, 0.25) is 0 Å². The first kappa shape index (κ1) is 15.2. The number of nitrogens with zero attached hydrogens (tertiary/aromatic N) is 1. The molecule has 1 heterocycles. The van der Waals surface area contributed by atoms with Crippen molar-refractivity contribution in [2.24, 2.45) is 5.92 Å². The van der Waals surface area contributed by atoms with Crippen LogP contribution in [0.4, 0.5) is 4.79 Å². The van der Waals surface area contributed by atoms with Crippen molar-refractivity contribution in [2.75, 3.05) is 13.1 Å². The Labute approximate surface area is 140 Å². The van der Waals surface area contributed by atoms with Crippen LogP contribution in [0.15, 0.2) is 24.3 Å². The summed E-state index contributed by atoms with van der Waals surface area (Å²) in [5, 5.41) is 5.68. The van der Waals surface area contributed by atoms with Crippen molar-refractivity contribution in [1.82, 2.24) is 15.5 Å². The number of rotatable bonds is 4. The second-order valence-corrected chi connectivity index (χ2v) is 6.98. The van der Waals surface area contributed by atoms with E-state index >= 15 is 0 Å². The molecule has 4 amide bonds. The van der Waals surface area contributed by atoms with E-state index in [0.717, 1.165) is 41.7 Å². The zero-order chi connectivity index (χ0) is 16.7. The Morgan fingerprint density at radius 3 is 2.88 bits per heavy atom. The molecule has 24 heavy (non-hydrogen) atoms. The molecule has 4 rings (SSSR count). The molecule has 6 nitrogen and oxygen atoms in total. The molecule has 0 bridgehead atoms. The van der Waals surface area contributed by atoms with Crippen molar-refractivity contribution in [3.05, 3.63) is 35.4 Å². The maximum absolute atomic E-state index is 13.0. The zero-order valence-corrected chi connectivity index (χ0v) is 13.5. The van der Waals surface area contributed by atoms with Gasteiger partial charge in [0.25, 0.3) is 5.91 Å². The van der Waals surface area contributed by atoms with Crippen molar-refractivity contribution in [3.8, 4) is 0 Å². The lowest BCUT2D eigenvalue weighted by atomic mass is 9.76. The van der Waals surface area contributed by atoms with Gasteiger partial charge in [0.05, 0.1) is 0 Å². The average Bonchev–Trinajstić information content (AvgIpc) is 3.38. The van der Waals surface area contributed by atoms with Crippen LogP contribution < -0.4 is 10.6 Å². The molecule has 1 aromatic carbocycles. The average molecular weight is 327 g/mol. The highest BCUT2D eigenvalue weighted by atomic mass is 16.2. The Morgan fingerprint density at radius 1 is 1.29 bits per heavy atom. The minimum atomic E-state index is -0.997. The number of aryl methyl sites for hydroxylation is 1. The first-order valence-electron chi connectivity index (χ1n) is 8.59. The number of carbonyl (C=O) groups is 3. The molecule has 1 spiro atoms. The Morgan fingerprint density at radius 2 is 2.08 bits per heavy atom. The van der Waals surface area contributed by atoms with Crippen molar-refractivity contribution in [1.29, 1.82) is 0 Å². The molecular formula is C18H21N3O3. The van der Waals surface area contributed by atoms with Crippen LogP contribution in [-0.2, 0) is 21.5 Å². The molecule has 2 N–H and O–H groups in total. The fourth-order valence-corrected chi connectivity index (χ4v) is 3.73. The Hall–Kier alpha value is -2.37. The van der Waals surface area contributed by atoms with E-state index in [4.69, 9.17) is 0 Å². The van der Waals surface area contributed by atoms with Crippen LogP contribution in [-0.4, -0.2) is 35.8 Å². The van der Waals surface area contributed by atoms with Gasteiger partial charge in [0.1, 0.15) is 12.1 Å². The summed E-state index contributed by atoms with van der Waals surface area (Å²) in [7, 11) is 0. The van der Waals surface area contributed by atoms with Gasteiger partial charge >= 0.3 is 6.03 Å². The molecule has 6 heteroatoms. The molecule has 3 aliphatic rings. The molecule has 2 fully saturated rings. The highest BCUT2D eigenvalue weighted by Crippen LogP contribution is 2.39. The Balaban J connectivity index is 1.54. The van der Waals surface area contributed by atoms with Crippen LogP contribution in [0, 0.1) is 5.92 Å². The molecule has 0 aromatic heterocycles. The Kier molecular flexibility index (Phi) is 3.55. The third-order valence-corrected chi connectivity index (χ3v) is 5.24. The minimum Gasteiger partial charge on any atom is -0.354 e. The van der Waals surface area contributed by atoms with Crippen LogP contribution >= 0.6 is 0 Å². The summed E-state index contributed by atoms with van der Waals surface area (Å²) in [4.78, 5) is 38.5. The second-order valence-electron chi connectivity index (χ2n) is 6.98. The van der Waals surface area contributed by atoms with E-state index in [2.05, 4.69) is 10.6 Å². The lowest BCUT2D eigenvalue weighted by molar-refractivity contribution is -0.135. The number of hydrogen-bond acceptors (Lipinski definition) is 3. The van der Waals surface area contributed by atoms with E-state index in [1.807, 2.05) is 24.3 Å². The number of hydrogen-bond donors (Lipinski definition) is 2. The van der Waals surface area contributed by atoms with Crippen molar-refractivity contribution in [3.63, 3.8) is 0 Å². The van der Waals surface area contributed by atoms with Gasteiger partial charge in [-0.25, -0.2) is 4.79 Å². The zero-order valence-electron chi connectivity index (χ0n) is 13.5. The molecule has 1 atom stereocenters. The quantitative estimate of drug-likeness (QED) is 0.818. The molecule has 1 saturated heterocycles. The third-order valence-electron chi connectivity index (χ3n) is 5.24. The minimum absolute atomic E-state index is 0.207. The second kappa shape index (κ2) is 5.61. The fraction of sp³-hybridized carbons (Fsp3) is 0.500. The SMILES string of the molecule is O=C(CN1C(=O)NC2(CCCc3ccccc32)C1=O)NCC1CC1. The first-order valence-corrected chi connectivity index (χ1v) is 8.59. The summed E-state index contributed by atoms with van der Waals surface area (Å²) < 4.78 is 0. The lowest BCUT2D eigenvalue weighted by Gasteiger charge is -2.33. The van der Waals surface area contributed by atoms with Crippen LogP contribution in [0.3, 0.4) is 0 Å². The predicted octanol–water partition coefficient (Wildman–Crippen LogP) is 1.30. The van der Waals surface area contributed by atoms with Crippen molar-refractivity contribution < 1.29 is 14.4 Å². The van der Waals surface area contributed by atoms with Gasteiger partial charge in [-0.3, -0.25) is 14.5 Å². The molecule has 1 unspecified atom stereocenters. The number of amides is 4. The molecule has 1 saturated carbocycles. The van der Waals surface area contributed by atoms with Gasteiger partial charge in [-0.1, -0.05) is 24.3 Å². The molecule has 0 radical (unpaired) electrons. The van der Waals surface area contributed by atoms with Gasteiger partial charge in [0, 0.05) is 6.54 Å². The van der Waals surface area contributed by atoms with Gasteiger partial charge in [-0.15, -0.1) is 0 Å². The van der Waals surface area contributed by atoms with E-state index in [-0.39, 0.29) is 18.4 Å². The van der Waals surface area contributed by atoms with E-state index in [9.17, 15) is 14.4 Å². The van der Waals surface area contributed by atoms with E-state index in [0.29, 0.717) is 18.9 Å². The number of carbonyl (C=O) groups excluding carboxylic acids is 3. The monoisotopic (exact) mass is 327 g/mol. The maximum Gasteiger partial charge on any atom is 0.325 e. The summed E-state index contributed by atoms with van der Waals surface area (Å²) in [5.74, 6) is -0.0126. The van der Waals surface area contributed by atoms with E-state index in [1.165, 1.54) is 0 Å². The van der Waals surface area contributed by atoms with E-state index < -0.39 is 11.6 Å². The van der Waals surface area contributed by atoms with Gasteiger partial charge in [-0.2, -0.15) is 0 Å². The summed E-state index contributed by atoms with van der Waals surface area (Å²) in [5.41, 5.74) is 0.968. The molecule has 2 aliphatic carbocycles. The van der Waals surface area contributed by atoms with Crippen molar-refractivity contribution >= 4 is 17.8 Å². The summed E-state index contributed by atoms with van der Waals surface area (Å²) in [6.07, 6.45) is 4.61. The predicted molar refractivity (Wildman–Crippen MR) is 87.0 cm³/mol. The highest BCUT2D eigenvalue weighted by molar-refractivity contribution is 6.09. The highest BCUT2D eigenvalue weighted by Gasteiger charge is 2.54. The first-order chi connectivity index (χ1) is 11.6. The fourth-order valence-electron chi connectivity index (χ4n) is 3.73.